The lowest BCUT2D eigenvalue weighted by atomic mass is 10.0. The second-order valence-corrected chi connectivity index (χ2v) is 8.40. The van der Waals surface area contributed by atoms with Crippen LogP contribution in [0.4, 0.5) is 5.69 Å². The lowest BCUT2D eigenvalue weighted by molar-refractivity contribution is 0.102. The molecule has 0 aliphatic heterocycles. The second kappa shape index (κ2) is 8.74. The van der Waals surface area contributed by atoms with Gasteiger partial charge in [0.25, 0.3) is 5.91 Å². The fourth-order valence-electron chi connectivity index (χ4n) is 4.48. The van der Waals surface area contributed by atoms with Gasteiger partial charge >= 0.3 is 0 Å². The van der Waals surface area contributed by atoms with E-state index < -0.39 is 0 Å². The molecule has 6 nitrogen and oxygen atoms in total. The Morgan fingerprint density at radius 3 is 2.31 bits per heavy atom. The van der Waals surface area contributed by atoms with Gasteiger partial charge in [-0.15, -0.1) is 0 Å². The van der Waals surface area contributed by atoms with Gasteiger partial charge in [-0.25, -0.2) is 4.98 Å². The molecule has 6 aromatic rings. The maximum Gasteiger partial charge on any atom is 0.256 e. The summed E-state index contributed by atoms with van der Waals surface area (Å²) in [6.07, 6.45) is 0. The monoisotopic (exact) mass is 474 g/mol. The van der Waals surface area contributed by atoms with Crippen molar-refractivity contribution in [1.82, 2.24) is 4.98 Å². The molecule has 0 saturated carbocycles. The van der Waals surface area contributed by atoms with Crippen molar-refractivity contribution in [2.75, 3.05) is 19.5 Å². The van der Waals surface area contributed by atoms with Crippen molar-refractivity contribution in [3.8, 4) is 22.8 Å². The highest BCUT2D eigenvalue weighted by atomic mass is 16.5. The van der Waals surface area contributed by atoms with Gasteiger partial charge in [-0.05, 0) is 48.5 Å². The van der Waals surface area contributed by atoms with Gasteiger partial charge in [0.15, 0.2) is 0 Å². The van der Waals surface area contributed by atoms with E-state index in [0.29, 0.717) is 28.3 Å². The Morgan fingerprint density at radius 1 is 0.778 bits per heavy atom. The topological polar surface area (TPSA) is 73.6 Å². The number of furan rings is 1. The fourth-order valence-corrected chi connectivity index (χ4v) is 4.48. The SMILES string of the molecule is COc1ccc(-c2cc(C(=O)Nc3cc4oc5ccccc5c4cc3OC)c3ccccc3n2)cc1. The number of pyridine rings is 1. The van der Waals surface area contributed by atoms with Crippen molar-refractivity contribution in [2.24, 2.45) is 0 Å². The van der Waals surface area contributed by atoms with Crippen LogP contribution in [0, 0.1) is 0 Å². The van der Waals surface area contributed by atoms with Gasteiger partial charge in [-0.2, -0.15) is 0 Å². The lowest BCUT2D eigenvalue weighted by Crippen LogP contribution is -2.14. The van der Waals surface area contributed by atoms with Crippen LogP contribution in [0.2, 0.25) is 0 Å². The number of benzene rings is 4. The molecule has 2 heterocycles. The van der Waals surface area contributed by atoms with E-state index in [2.05, 4.69) is 5.32 Å². The molecule has 0 spiro atoms. The number of anilines is 1. The summed E-state index contributed by atoms with van der Waals surface area (Å²) in [4.78, 5) is 18.4. The number of rotatable bonds is 5. The molecule has 1 amide bonds. The van der Waals surface area contributed by atoms with E-state index >= 15 is 0 Å². The summed E-state index contributed by atoms with van der Waals surface area (Å²) in [7, 11) is 3.21. The average molecular weight is 475 g/mol. The molecule has 176 valence electrons. The number of methoxy groups -OCH3 is 2. The van der Waals surface area contributed by atoms with Crippen molar-refractivity contribution in [3.05, 3.63) is 96.6 Å². The Balaban J connectivity index is 1.44. The van der Waals surface area contributed by atoms with Crippen LogP contribution in [0.3, 0.4) is 0 Å². The third-order valence-corrected chi connectivity index (χ3v) is 6.29. The van der Waals surface area contributed by atoms with Gasteiger partial charge in [0, 0.05) is 27.8 Å². The number of hydrogen-bond acceptors (Lipinski definition) is 5. The molecule has 6 rings (SSSR count). The predicted octanol–water partition coefficient (Wildman–Crippen LogP) is 7.07. The molecular formula is C30H22N2O4. The molecule has 0 fully saturated rings. The van der Waals surface area contributed by atoms with Crippen LogP contribution in [0.25, 0.3) is 44.1 Å². The van der Waals surface area contributed by atoms with Crippen molar-refractivity contribution in [2.45, 2.75) is 0 Å². The first-order valence-electron chi connectivity index (χ1n) is 11.5. The number of nitrogens with one attached hydrogen (secondary N) is 1. The highest BCUT2D eigenvalue weighted by Gasteiger charge is 2.18. The van der Waals surface area contributed by atoms with Crippen molar-refractivity contribution >= 4 is 44.4 Å². The number of amides is 1. The van der Waals surface area contributed by atoms with E-state index in [1.807, 2.05) is 84.9 Å². The first-order chi connectivity index (χ1) is 17.6. The lowest BCUT2D eigenvalue weighted by Gasteiger charge is -2.13. The molecule has 6 heteroatoms. The number of para-hydroxylation sites is 2. The number of nitrogens with zero attached hydrogens (tertiary/aromatic N) is 1. The van der Waals surface area contributed by atoms with Crippen LogP contribution >= 0.6 is 0 Å². The number of aromatic nitrogens is 1. The van der Waals surface area contributed by atoms with Crippen molar-refractivity contribution < 1.29 is 18.7 Å². The minimum absolute atomic E-state index is 0.267. The minimum atomic E-state index is -0.267. The molecule has 0 radical (unpaired) electrons. The van der Waals surface area contributed by atoms with Crippen LogP contribution in [0.1, 0.15) is 10.4 Å². The summed E-state index contributed by atoms with van der Waals surface area (Å²) < 4.78 is 16.9. The van der Waals surface area contributed by atoms with Gasteiger partial charge in [0.2, 0.25) is 0 Å². The maximum atomic E-state index is 13.6. The summed E-state index contributed by atoms with van der Waals surface area (Å²) in [6.45, 7) is 0. The summed E-state index contributed by atoms with van der Waals surface area (Å²) in [6, 6.07) is 28.5. The van der Waals surface area contributed by atoms with Gasteiger partial charge in [-0.3, -0.25) is 4.79 Å². The van der Waals surface area contributed by atoms with Crippen LogP contribution in [0.5, 0.6) is 11.5 Å². The zero-order valence-corrected chi connectivity index (χ0v) is 19.7. The van der Waals surface area contributed by atoms with E-state index in [1.54, 1.807) is 20.3 Å². The van der Waals surface area contributed by atoms with Gasteiger partial charge in [-0.1, -0.05) is 36.4 Å². The Bertz CT molecular complexity index is 1750. The van der Waals surface area contributed by atoms with Crippen LogP contribution < -0.4 is 14.8 Å². The normalized spacial score (nSPS) is 11.2. The molecule has 0 bridgehead atoms. The molecule has 0 aliphatic rings. The van der Waals surface area contributed by atoms with E-state index in [0.717, 1.165) is 38.6 Å². The predicted molar refractivity (Wildman–Crippen MR) is 142 cm³/mol. The first kappa shape index (κ1) is 21.7. The number of ether oxygens (including phenoxy) is 2. The fraction of sp³-hybridized carbons (Fsp3) is 0.0667. The Kier molecular flexibility index (Phi) is 5.26. The molecule has 0 atom stereocenters. The zero-order chi connectivity index (χ0) is 24.6. The first-order valence-corrected chi connectivity index (χ1v) is 11.5. The molecule has 1 N–H and O–H groups in total. The molecule has 0 aliphatic carbocycles. The smallest absolute Gasteiger partial charge is 0.256 e. The van der Waals surface area contributed by atoms with Crippen molar-refractivity contribution in [1.29, 1.82) is 0 Å². The van der Waals surface area contributed by atoms with E-state index in [9.17, 15) is 4.79 Å². The Labute approximate surface area is 207 Å². The maximum absolute atomic E-state index is 13.6. The number of fused-ring (bicyclic) bond motifs is 4. The Hall–Kier alpha value is -4.84. The Morgan fingerprint density at radius 2 is 1.53 bits per heavy atom. The second-order valence-electron chi connectivity index (χ2n) is 8.40. The third kappa shape index (κ3) is 3.69. The molecule has 36 heavy (non-hydrogen) atoms. The summed E-state index contributed by atoms with van der Waals surface area (Å²) in [5.41, 5.74) is 4.81. The van der Waals surface area contributed by atoms with E-state index in [-0.39, 0.29) is 5.91 Å². The van der Waals surface area contributed by atoms with E-state index in [1.165, 1.54) is 0 Å². The van der Waals surface area contributed by atoms with Gasteiger partial charge in [0.1, 0.15) is 22.7 Å². The van der Waals surface area contributed by atoms with Crippen LogP contribution in [-0.4, -0.2) is 25.1 Å². The van der Waals surface area contributed by atoms with Crippen LogP contribution in [0.15, 0.2) is 95.4 Å². The third-order valence-electron chi connectivity index (χ3n) is 6.29. The highest BCUT2D eigenvalue weighted by Crippen LogP contribution is 2.37. The van der Waals surface area contributed by atoms with Gasteiger partial charge < -0.3 is 19.2 Å². The molecule has 0 unspecified atom stereocenters. The largest absolute Gasteiger partial charge is 0.497 e. The number of hydrogen-bond donors (Lipinski definition) is 1. The average Bonchev–Trinajstić information content (AvgIpc) is 3.29. The number of carbonyl (C=O) groups excluding carboxylic acids is 1. The highest BCUT2D eigenvalue weighted by molar-refractivity contribution is 6.15. The number of carbonyl (C=O) groups is 1. The minimum Gasteiger partial charge on any atom is -0.497 e. The van der Waals surface area contributed by atoms with Crippen molar-refractivity contribution in [3.63, 3.8) is 0 Å². The van der Waals surface area contributed by atoms with E-state index in [4.69, 9.17) is 18.9 Å². The summed E-state index contributed by atoms with van der Waals surface area (Å²) in [5, 5.41) is 5.71. The molecular weight excluding hydrogens is 452 g/mol. The summed E-state index contributed by atoms with van der Waals surface area (Å²) >= 11 is 0. The van der Waals surface area contributed by atoms with Gasteiger partial charge in [0.05, 0.1) is 36.7 Å². The van der Waals surface area contributed by atoms with Crippen LogP contribution in [-0.2, 0) is 0 Å². The molecule has 4 aromatic carbocycles. The molecule has 0 saturated heterocycles. The summed E-state index contributed by atoms with van der Waals surface area (Å²) in [5.74, 6) is 1.04. The quantitative estimate of drug-likeness (QED) is 0.289. The molecule has 2 aromatic heterocycles. The standard InChI is InChI=1S/C30H22N2O4/c1-34-19-13-11-18(12-14-19)25-15-23(20-7-3-5-9-24(20)31-25)30(33)32-26-17-28-22(16-29(26)35-2)21-8-4-6-10-27(21)36-28/h3-17H,1-2H3,(H,32,33). The zero-order valence-electron chi connectivity index (χ0n) is 19.7.